The van der Waals surface area contributed by atoms with Crippen LogP contribution in [0.3, 0.4) is 0 Å². The Morgan fingerprint density at radius 3 is 1.42 bits per heavy atom. The van der Waals surface area contributed by atoms with E-state index in [1.807, 2.05) is 21.1 Å². The zero-order valence-electron chi connectivity index (χ0n) is 38.7. The van der Waals surface area contributed by atoms with Gasteiger partial charge in [0, 0.05) is 12.8 Å². The fourth-order valence-electron chi connectivity index (χ4n) is 5.72. The molecule has 2 atom stereocenters. The molecule has 0 aromatic rings. The minimum Gasteiger partial charge on any atom is -0.462 e. The fraction of sp³-hybridized carbons (Fsp3) is 0.680. The van der Waals surface area contributed by atoms with Crippen molar-refractivity contribution in [1.29, 1.82) is 0 Å². The van der Waals surface area contributed by atoms with Gasteiger partial charge >= 0.3 is 19.8 Å². The maximum Gasteiger partial charge on any atom is 0.472 e. The van der Waals surface area contributed by atoms with Crippen molar-refractivity contribution in [2.45, 2.75) is 174 Å². The lowest BCUT2D eigenvalue weighted by Gasteiger charge is -2.24. The van der Waals surface area contributed by atoms with Crippen LogP contribution >= 0.6 is 7.82 Å². The molecule has 1 unspecified atom stereocenters. The Labute approximate surface area is 367 Å². The number of esters is 2. The molecule has 0 aliphatic rings. The number of hydrogen-bond acceptors (Lipinski definition) is 7. The monoisotopic (exact) mass is 861 g/mol. The van der Waals surface area contributed by atoms with Gasteiger partial charge in [-0.05, 0) is 89.9 Å². The Kier molecular flexibility index (Phi) is 39.6. The summed E-state index contributed by atoms with van der Waals surface area (Å²) in [7, 11) is 1.41. The normalized spacial score (nSPS) is 14.3. The minimum absolute atomic E-state index is 0.0131. The standard InChI is InChI=1S/C50H86NO8P/c1-6-8-10-12-14-16-18-20-22-24-25-27-29-31-33-35-37-39-41-43-50(53)59-48(47-58-60(54,55)57-45-44-51(3,4)5)46-56-49(52)42-40-38-36-34-32-30-28-26-23-21-19-17-15-13-11-9-7-2/h14,16,20-23,25,27-28,30-31,33-34,36,48H,6-13,15,17-19,24,26,29,32,35,37-47H2,1-5H3/p+1/b16-14-,22-20-,23-21-,27-25-,30-28-,33-31-,36-34-/t48-/m1/s1. The summed E-state index contributed by atoms with van der Waals surface area (Å²) in [6, 6.07) is 0. The van der Waals surface area contributed by atoms with Gasteiger partial charge in [-0.1, -0.05) is 150 Å². The van der Waals surface area contributed by atoms with Crippen molar-refractivity contribution in [2.24, 2.45) is 0 Å². The van der Waals surface area contributed by atoms with Gasteiger partial charge in [-0.3, -0.25) is 18.6 Å². The quantitative estimate of drug-likeness (QED) is 0.0213. The SMILES string of the molecule is CCCCC/C=C\C/C=C\C/C=C\C/C=C\CCCCCC(=O)O[C@H](COC(=O)CCC/C=C\C/C=C\C/C=C\CCCCCCCC)COP(=O)(O)OCC[N+](C)(C)C. The summed E-state index contributed by atoms with van der Waals surface area (Å²) in [6.07, 6.45) is 53.5. The van der Waals surface area contributed by atoms with Crippen LogP contribution in [-0.4, -0.2) is 74.9 Å². The third-order valence-electron chi connectivity index (χ3n) is 9.40. The molecule has 0 fully saturated rings. The molecular formula is C50H87NO8P+. The molecule has 0 bridgehead atoms. The second-order valence-electron chi connectivity index (χ2n) is 16.4. The first-order valence-corrected chi connectivity index (χ1v) is 24.8. The highest BCUT2D eigenvalue weighted by Crippen LogP contribution is 2.43. The van der Waals surface area contributed by atoms with E-state index in [1.165, 1.54) is 64.2 Å². The Hall–Kier alpha value is -2.81. The first-order chi connectivity index (χ1) is 29.0. The van der Waals surface area contributed by atoms with Crippen molar-refractivity contribution in [3.05, 3.63) is 85.1 Å². The van der Waals surface area contributed by atoms with Crippen molar-refractivity contribution >= 4 is 19.8 Å². The average Bonchev–Trinajstić information content (AvgIpc) is 3.20. The smallest absolute Gasteiger partial charge is 0.462 e. The highest BCUT2D eigenvalue weighted by molar-refractivity contribution is 7.47. The van der Waals surface area contributed by atoms with Crippen LogP contribution in [0.2, 0.25) is 0 Å². The van der Waals surface area contributed by atoms with Gasteiger partial charge in [0.25, 0.3) is 0 Å². The molecule has 0 saturated carbocycles. The van der Waals surface area contributed by atoms with Crippen molar-refractivity contribution < 1.29 is 42.1 Å². The van der Waals surface area contributed by atoms with Gasteiger partial charge in [0.05, 0.1) is 27.7 Å². The topological polar surface area (TPSA) is 108 Å². The van der Waals surface area contributed by atoms with E-state index in [-0.39, 0.29) is 26.1 Å². The van der Waals surface area contributed by atoms with Gasteiger partial charge in [-0.2, -0.15) is 0 Å². The molecule has 10 heteroatoms. The first kappa shape index (κ1) is 57.2. The second-order valence-corrected chi connectivity index (χ2v) is 17.9. The molecule has 0 heterocycles. The highest BCUT2D eigenvalue weighted by Gasteiger charge is 2.27. The minimum atomic E-state index is -4.40. The van der Waals surface area contributed by atoms with Crippen LogP contribution in [0.5, 0.6) is 0 Å². The molecule has 9 nitrogen and oxygen atoms in total. The van der Waals surface area contributed by atoms with Crippen LogP contribution < -0.4 is 0 Å². The Morgan fingerprint density at radius 1 is 0.517 bits per heavy atom. The fourth-order valence-corrected chi connectivity index (χ4v) is 6.46. The third kappa shape index (κ3) is 44.7. The third-order valence-corrected chi connectivity index (χ3v) is 10.4. The molecule has 344 valence electrons. The summed E-state index contributed by atoms with van der Waals surface area (Å²) in [5.41, 5.74) is 0. The molecule has 0 saturated heterocycles. The van der Waals surface area contributed by atoms with Gasteiger partial charge in [-0.15, -0.1) is 0 Å². The van der Waals surface area contributed by atoms with Crippen molar-refractivity contribution in [1.82, 2.24) is 0 Å². The van der Waals surface area contributed by atoms with Crippen LogP contribution in [0, 0.1) is 0 Å². The summed E-state index contributed by atoms with van der Waals surface area (Å²) in [5.74, 6) is -0.903. The summed E-state index contributed by atoms with van der Waals surface area (Å²) in [4.78, 5) is 35.4. The molecule has 0 amide bonds. The largest absolute Gasteiger partial charge is 0.472 e. The number of nitrogens with zero attached hydrogens (tertiary/aromatic N) is 1. The van der Waals surface area contributed by atoms with Gasteiger partial charge < -0.3 is 18.9 Å². The molecule has 0 aliphatic carbocycles. The second kappa shape index (κ2) is 41.5. The lowest BCUT2D eigenvalue weighted by molar-refractivity contribution is -0.870. The number of quaternary nitrogens is 1. The predicted octanol–water partition coefficient (Wildman–Crippen LogP) is 13.6. The van der Waals surface area contributed by atoms with E-state index in [1.54, 1.807) is 0 Å². The number of phosphoric acid groups is 1. The number of unbranched alkanes of at least 4 members (excludes halogenated alkanes) is 13. The molecule has 0 radical (unpaired) electrons. The molecule has 0 aromatic heterocycles. The molecular weight excluding hydrogens is 774 g/mol. The lowest BCUT2D eigenvalue weighted by atomic mass is 10.1. The van der Waals surface area contributed by atoms with Crippen LogP contribution in [-0.2, 0) is 32.7 Å². The number of hydrogen-bond donors (Lipinski definition) is 1. The molecule has 0 spiro atoms. The predicted molar refractivity (Wildman–Crippen MR) is 252 cm³/mol. The van der Waals surface area contributed by atoms with E-state index in [2.05, 4.69) is 98.9 Å². The van der Waals surface area contributed by atoms with Gasteiger partial charge in [0.1, 0.15) is 19.8 Å². The van der Waals surface area contributed by atoms with Crippen molar-refractivity contribution in [3.8, 4) is 0 Å². The van der Waals surface area contributed by atoms with Gasteiger partial charge in [0.2, 0.25) is 0 Å². The van der Waals surface area contributed by atoms with Gasteiger partial charge in [0.15, 0.2) is 6.10 Å². The maximum absolute atomic E-state index is 12.7. The van der Waals surface area contributed by atoms with E-state index >= 15 is 0 Å². The Balaban J connectivity index is 4.50. The molecule has 0 aromatic carbocycles. The summed E-state index contributed by atoms with van der Waals surface area (Å²) in [6.45, 7) is 4.27. The molecule has 1 N–H and O–H groups in total. The van der Waals surface area contributed by atoms with E-state index in [0.717, 1.165) is 64.2 Å². The van der Waals surface area contributed by atoms with Crippen LogP contribution in [0.25, 0.3) is 0 Å². The average molecular weight is 861 g/mol. The van der Waals surface area contributed by atoms with Crippen LogP contribution in [0.1, 0.15) is 168 Å². The molecule has 0 rings (SSSR count). The number of ether oxygens (including phenoxy) is 2. The number of allylic oxidation sites excluding steroid dienone is 14. The highest BCUT2D eigenvalue weighted by atomic mass is 31.2. The number of rotatable bonds is 41. The van der Waals surface area contributed by atoms with Gasteiger partial charge in [-0.25, -0.2) is 4.57 Å². The van der Waals surface area contributed by atoms with Crippen LogP contribution in [0.4, 0.5) is 0 Å². The zero-order chi connectivity index (χ0) is 44.3. The van der Waals surface area contributed by atoms with E-state index < -0.39 is 32.5 Å². The first-order valence-electron chi connectivity index (χ1n) is 23.3. The maximum atomic E-state index is 12.7. The van der Waals surface area contributed by atoms with Crippen molar-refractivity contribution in [2.75, 3.05) is 47.5 Å². The number of likely N-dealkylation sites (N-methyl/N-ethyl adjacent to an activating group) is 1. The Bertz CT molecular complexity index is 1290. The zero-order valence-corrected chi connectivity index (χ0v) is 39.6. The molecule has 60 heavy (non-hydrogen) atoms. The van der Waals surface area contributed by atoms with Crippen molar-refractivity contribution in [3.63, 3.8) is 0 Å². The number of phosphoric ester groups is 1. The summed E-state index contributed by atoms with van der Waals surface area (Å²) in [5, 5.41) is 0. The summed E-state index contributed by atoms with van der Waals surface area (Å²) >= 11 is 0. The van der Waals surface area contributed by atoms with Crippen LogP contribution in [0.15, 0.2) is 85.1 Å². The number of carbonyl (C=O) groups is 2. The van der Waals surface area contributed by atoms with E-state index in [0.29, 0.717) is 23.9 Å². The Morgan fingerprint density at radius 2 is 0.917 bits per heavy atom. The number of carbonyl (C=O) groups excluding carboxylic acids is 2. The van der Waals surface area contributed by atoms with E-state index in [4.69, 9.17) is 18.5 Å². The lowest BCUT2D eigenvalue weighted by Crippen LogP contribution is -2.37. The summed E-state index contributed by atoms with van der Waals surface area (Å²) < 4.78 is 34.3. The molecule has 0 aliphatic heterocycles. The van der Waals surface area contributed by atoms with E-state index in [9.17, 15) is 19.0 Å².